The molecule has 0 saturated heterocycles. The lowest BCUT2D eigenvalue weighted by Crippen LogP contribution is -2.10. The zero-order valence-electron chi connectivity index (χ0n) is 23.8. The molecule has 0 saturated carbocycles. The first-order chi connectivity index (χ1) is 21.8. The Hall–Kier alpha value is -5.93. The second kappa shape index (κ2) is 9.82. The van der Waals surface area contributed by atoms with Gasteiger partial charge >= 0.3 is 0 Å². The van der Waals surface area contributed by atoms with Gasteiger partial charge in [-0.2, -0.15) is 0 Å². The highest BCUT2D eigenvalue weighted by Gasteiger charge is 2.20. The normalized spacial score (nSPS) is 11.6. The molecule has 0 amide bonds. The highest BCUT2D eigenvalue weighted by molar-refractivity contribution is 6.23. The Morgan fingerprint density at radius 1 is 0.432 bits per heavy atom. The predicted octanol–water partition coefficient (Wildman–Crippen LogP) is 11.6. The molecule has 0 aliphatic carbocycles. The van der Waals surface area contributed by atoms with Crippen LogP contribution in [0.25, 0.3) is 65.6 Å². The summed E-state index contributed by atoms with van der Waals surface area (Å²) in [5.41, 5.74) is 5.93. The molecule has 0 bridgehead atoms. The number of nitrogens with zero attached hydrogens (tertiary/aromatic N) is 2. The summed E-state index contributed by atoms with van der Waals surface area (Å²) in [6.45, 7) is 0. The maximum absolute atomic E-state index is 6.53. The van der Waals surface area contributed by atoms with Crippen molar-refractivity contribution in [2.45, 2.75) is 0 Å². The van der Waals surface area contributed by atoms with Crippen LogP contribution >= 0.6 is 0 Å². The minimum atomic E-state index is 0.629. The van der Waals surface area contributed by atoms with Crippen LogP contribution in [0.5, 0.6) is 0 Å². The van der Waals surface area contributed by atoms with Crippen LogP contribution in [0.4, 0.5) is 17.1 Å². The van der Waals surface area contributed by atoms with E-state index in [9.17, 15) is 0 Å². The van der Waals surface area contributed by atoms with Gasteiger partial charge in [0.15, 0.2) is 5.58 Å². The predicted molar refractivity (Wildman–Crippen MR) is 184 cm³/mol. The van der Waals surface area contributed by atoms with E-state index in [0.29, 0.717) is 5.89 Å². The first-order valence-corrected chi connectivity index (χ1v) is 14.9. The molecule has 8 aromatic carbocycles. The van der Waals surface area contributed by atoms with E-state index in [2.05, 4.69) is 132 Å². The lowest BCUT2D eigenvalue weighted by atomic mass is 9.99. The number of hydrogen-bond acceptors (Lipinski definition) is 3. The molecule has 0 aliphatic rings. The van der Waals surface area contributed by atoms with E-state index in [-0.39, 0.29) is 0 Å². The molecule has 0 fully saturated rings. The molecule has 206 valence electrons. The summed E-state index contributed by atoms with van der Waals surface area (Å²) in [5, 5.41) is 9.26. The zero-order chi connectivity index (χ0) is 29.0. The molecule has 0 atom stereocenters. The number of anilines is 3. The number of hydrogen-bond donors (Lipinski definition) is 0. The Kier molecular flexibility index (Phi) is 5.50. The van der Waals surface area contributed by atoms with Crippen LogP contribution in [0, 0.1) is 0 Å². The third-order valence-electron chi connectivity index (χ3n) is 8.63. The summed E-state index contributed by atoms with van der Waals surface area (Å²) >= 11 is 0. The maximum atomic E-state index is 6.53. The summed E-state index contributed by atoms with van der Waals surface area (Å²) in [5.74, 6) is 0.629. The monoisotopic (exact) mass is 562 g/mol. The van der Waals surface area contributed by atoms with Crippen LogP contribution in [0.3, 0.4) is 0 Å². The minimum Gasteiger partial charge on any atom is -0.435 e. The molecular formula is C41H26N2O. The van der Waals surface area contributed by atoms with Crippen LogP contribution < -0.4 is 4.90 Å². The van der Waals surface area contributed by atoms with Gasteiger partial charge in [-0.15, -0.1) is 0 Å². The highest BCUT2D eigenvalue weighted by atomic mass is 16.3. The van der Waals surface area contributed by atoms with E-state index in [1.165, 1.54) is 21.5 Å². The van der Waals surface area contributed by atoms with Gasteiger partial charge in [-0.05, 0) is 69.4 Å². The van der Waals surface area contributed by atoms with Crippen molar-refractivity contribution in [3.63, 3.8) is 0 Å². The van der Waals surface area contributed by atoms with E-state index in [1.807, 2.05) is 30.3 Å². The maximum Gasteiger partial charge on any atom is 0.227 e. The fourth-order valence-corrected chi connectivity index (χ4v) is 6.55. The van der Waals surface area contributed by atoms with Gasteiger partial charge in [0.25, 0.3) is 0 Å². The van der Waals surface area contributed by atoms with Crippen molar-refractivity contribution in [3.05, 3.63) is 158 Å². The van der Waals surface area contributed by atoms with Gasteiger partial charge in [0, 0.05) is 33.1 Å². The second-order valence-electron chi connectivity index (χ2n) is 11.2. The fraction of sp³-hybridized carbons (Fsp3) is 0. The van der Waals surface area contributed by atoms with Gasteiger partial charge in [-0.25, -0.2) is 4.98 Å². The molecule has 1 heterocycles. The van der Waals surface area contributed by atoms with Gasteiger partial charge in [-0.1, -0.05) is 115 Å². The van der Waals surface area contributed by atoms with Gasteiger partial charge in [0.2, 0.25) is 5.89 Å². The average molecular weight is 563 g/mol. The standard InChI is InChI=1S/C41H26N2O/c1-2-13-29(14-3-1)41-42-39-37-26-32(23-24-35(37)34-18-8-9-19-36(34)40(39)44-41)43(31-22-21-27-11-4-5-15-30(27)25-31)38-20-10-16-28-12-6-7-17-33(28)38/h1-26H. The number of oxazole rings is 1. The number of aromatic nitrogens is 1. The Balaban J connectivity index is 1.35. The van der Waals surface area contributed by atoms with Crippen LogP contribution in [0.1, 0.15) is 0 Å². The minimum absolute atomic E-state index is 0.629. The lowest BCUT2D eigenvalue weighted by molar-refractivity contribution is 0.623. The quantitative estimate of drug-likeness (QED) is 0.200. The summed E-state index contributed by atoms with van der Waals surface area (Å²) in [7, 11) is 0. The van der Waals surface area contributed by atoms with Crippen molar-refractivity contribution in [3.8, 4) is 11.5 Å². The molecule has 0 N–H and O–H groups in total. The molecule has 1 aromatic heterocycles. The zero-order valence-corrected chi connectivity index (χ0v) is 23.8. The molecule has 9 aromatic rings. The number of benzene rings is 8. The molecule has 0 radical (unpaired) electrons. The molecule has 9 rings (SSSR count). The fourth-order valence-electron chi connectivity index (χ4n) is 6.55. The van der Waals surface area contributed by atoms with Crippen LogP contribution in [0.15, 0.2) is 162 Å². The molecule has 44 heavy (non-hydrogen) atoms. The van der Waals surface area contributed by atoms with Crippen molar-refractivity contribution in [1.29, 1.82) is 0 Å². The molecule has 3 nitrogen and oxygen atoms in total. The van der Waals surface area contributed by atoms with E-state index in [0.717, 1.165) is 55.3 Å². The first-order valence-electron chi connectivity index (χ1n) is 14.9. The first kappa shape index (κ1) is 24.6. The number of rotatable bonds is 4. The van der Waals surface area contributed by atoms with Gasteiger partial charge in [0.1, 0.15) is 5.52 Å². The SMILES string of the molecule is c1ccc(-c2nc3c4cc(N(c5ccc6ccccc6c5)c5cccc6ccccc56)ccc4c4ccccc4c3o2)cc1. The van der Waals surface area contributed by atoms with Crippen LogP contribution in [-0.4, -0.2) is 4.98 Å². The van der Waals surface area contributed by atoms with Gasteiger partial charge < -0.3 is 9.32 Å². The molecular weight excluding hydrogens is 536 g/mol. The summed E-state index contributed by atoms with van der Waals surface area (Å²) in [6.07, 6.45) is 0. The molecule has 0 spiro atoms. The Bertz CT molecular complexity index is 2510. The summed E-state index contributed by atoms with van der Waals surface area (Å²) < 4.78 is 6.53. The summed E-state index contributed by atoms with van der Waals surface area (Å²) in [4.78, 5) is 7.48. The smallest absolute Gasteiger partial charge is 0.227 e. The molecule has 0 unspecified atom stereocenters. The van der Waals surface area contributed by atoms with Crippen LogP contribution in [-0.2, 0) is 0 Å². The largest absolute Gasteiger partial charge is 0.435 e. The van der Waals surface area contributed by atoms with Crippen molar-refractivity contribution in [2.24, 2.45) is 0 Å². The van der Waals surface area contributed by atoms with Crippen LogP contribution in [0.2, 0.25) is 0 Å². The Morgan fingerprint density at radius 2 is 1.07 bits per heavy atom. The van der Waals surface area contributed by atoms with E-state index in [4.69, 9.17) is 9.40 Å². The third-order valence-corrected chi connectivity index (χ3v) is 8.63. The van der Waals surface area contributed by atoms with E-state index >= 15 is 0 Å². The summed E-state index contributed by atoms with van der Waals surface area (Å²) in [6, 6.07) is 55.7. The Morgan fingerprint density at radius 3 is 1.93 bits per heavy atom. The lowest BCUT2D eigenvalue weighted by Gasteiger charge is -2.27. The number of fused-ring (bicyclic) bond motifs is 8. The third kappa shape index (κ3) is 3.87. The average Bonchev–Trinajstić information content (AvgIpc) is 3.55. The molecule has 3 heteroatoms. The van der Waals surface area contributed by atoms with Crippen molar-refractivity contribution in [2.75, 3.05) is 4.90 Å². The van der Waals surface area contributed by atoms with Crippen molar-refractivity contribution in [1.82, 2.24) is 4.98 Å². The van der Waals surface area contributed by atoms with Crippen molar-refractivity contribution >= 4 is 71.3 Å². The van der Waals surface area contributed by atoms with E-state index in [1.54, 1.807) is 0 Å². The topological polar surface area (TPSA) is 29.3 Å². The second-order valence-corrected chi connectivity index (χ2v) is 11.2. The van der Waals surface area contributed by atoms with Gasteiger partial charge in [-0.3, -0.25) is 0 Å². The highest BCUT2D eigenvalue weighted by Crippen LogP contribution is 2.43. The Labute approximate surface area is 254 Å². The van der Waals surface area contributed by atoms with E-state index < -0.39 is 0 Å². The molecule has 0 aliphatic heterocycles. The van der Waals surface area contributed by atoms with Gasteiger partial charge in [0.05, 0.1) is 5.69 Å². The van der Waals surface area contributed by atoms with Crippen molar-refractivity contribution < 1.29 is 4.42 Å².